The van der Waals surface area contributed by atoms with Gasteiger partial charge in [-0.1, -0.05) is 23.7 Å². The molecule has 0 bridgehead atoms. The molecule has 0 amide bonds. The van der Waals surface area contributed by atoms with Crippen molar-refractivity contribution in [1.82, 2.24) is 4.98 Å². The molecule has 5 nitrogen and oxygen atoms in total. The fourth-order valence-electron chi connectivity index (χ4n) is 1.75. The van der Waals surface area contributed by atoms with Crippen LogP contribution in [0.3, 0.4) is 0 Å². The van der Waals surface area contributed by atoms with E-state index < -0.39 is 5.97 Å². The van der Waals surface area contributed by atoms with Crippen LogP contribution in [0.15, 0.2) is 36.4 Å². The lowest BCUT2D eigenvalue weighted by Gasteiger charge is -2.10. The van der Waals surface area contributed by atoms with Crippen molar-refractivity contribution < 1.29 is 14.3 Å². The first-order valence-corrected chi connectivity index (χ1v) is 6.63. The highest BCUT2D eigenvalue weighted by molar-refractivity contribution is 6.30. The largest absolute Gasteiger partial charge is 0.480 e. The molecular formula is C15H15ClN2O3. The number of nitrogens with one attached hydrogen (secondary N) is 1. The molecule has 2 rings (SSSR count). The molecule has 21 heavy (non-hydrogen) atoms. The average Bonchev–Trinajstić information content (AvgIpc) is 2.53. The number of carbonyl (C=O) groups is 1. The minimum Gasteiger partial charge on any atom is -0.480 e. The number of esters is 1. The van der Waals surface area contributed by atoms with Gasteiger partial charge < -0.3 is 14.8 Å². The number of nitrogens with zero attached hydrogens (tertiary/aromatic N) is 1. The van der Waals surface area contributed by atoms with Crippen LogP contribution in [-0.4, -0.2) is 25.2 Å². The smallest absolute Gasteiger partial charge is 0.343 e. The zero-order chi connectivity index (χ0) is 15.2. The Morgan fingerprint density at radius 1 is 1.19 bits per heavy atom. The fourth-order valence-corrected chi connectivity index (χ4v) is 1.88. The van der Waals surface area contributed by atoms with Crippen LogP contribution in [0.5, 0.6) is 5.88 Å². The molecule has 6 heteroatoms. The van der Waals surface area contributed by atoms with Crippen molar-refractivity contribution in [2.24, 2.45) is 0 Å². The summed E-state index contributed by atoms with van der Waals surface area (Å²) in [6.07, 6.45) is 0. The second kappa shape index (κ2) is 6.95. The predicted molar refractivity (Wildman–Crippen MR) is 80.9 cm³/mol. The van der Waals surface area contributed by atoms with Gasteiger partial charge in [-0.05, 0) is 29.8 Å². The molecule has 0 fully saturated rings. The van der Waals surface area contributed by atoms with Crippen LogP contribution in [0.4, 0.5) is 5.82 Å². The number of methoxy groups -OCH3 is 2. The van der Waals surface area contributed by atoms with Gasteiger partial charge in [0.05, 0.1) is 14.2 Å². The van der Waals surface area contributed by atoms with Crippen molar-refractivity contribution in [3.63, 3.8) is 0 Å². The van der Waals surface area contributed by atoms with Gasteiger partial charge in [-0.25, -0.2) is 4.79 Å². The molecule has 1 aromatic carbocycles. The summed E-state index contributed by atoms with van der Waals surface area (Å²) < 4.78 is 9.77. The van der Waals surface area contributed by atoms with E-state index in [1.54, 1.807) is 12.1 Å². The fraction of sp³-hybridized carbons (Fsp3) is 0.200. The predicted octanol–water partition coefficient (Wildman–Crippen LogP) is 3.14. The lowest BCUT2D eigenvalue weighted by atomic mass is 10.2. The normalized spacial score (nSPS) is 10.0. The maximum absolute atomic E-state index is 11.5. The van der Waals surface area contributed by atoms with Crippen LogP contribution < -0.4 is 10.1 Å². The van der Waals surface area contributed by atoms with E-state index in [0.29, 0.717) is 17.4 Å². The summed E-state index contributed by atoms with van der Waals surface area (Å²) in [4.78, 5) is 15.8. The molecule has 0 atom stereocenters. The Balaban J connectivity index is 2.10. The SMILES string of the molecule is COC(=O)c1ccc(NCc2ccc(Cl)cc2)nc1OC. The number of rotatable bonds is 5. The molecule has 0 aliphatic carbocycles. The van der Waals surface area contributed by atoms with Crippen molar-refractivity contribution in [2.75, 3.05) is 19.5 Å². The number of hydrogen-bond donors (Lipinski definition) is 1. The van der Waals surface area contributed by atoms with Gasteiger partial charge in [-0.3, -0.25) is 0 Å². The van der Waals surface area contributed by atoms with Crippen molar-refractivity contribution in [3.05, 3.63) is 52.5 Å². The number of ether oxygens (including phenoxy) is 2. The minimum atomic E-state index is -0.483. The first-order chi connectivity index (χ1) is 10.1. The van der Waals surface area contributed by atoms with Crippen LogP contribution in [-0.2, 0) is 11.3 Å². The molecule has 0 aliphatic rings. The van der Waals surface area contributed by atoms with E-state index in [9.17, 15) is 4.79 Å². The highest BCUT2D eigenvalue weighted by Crippen LogP contribution is 2.20. The van der Waals surface area contributed by atoms with Crippen molar-refractivity contribution in [3.8, 4) is 5.88 Å². The van der Waals surface area contributed by atoms with E-state index in [2.05, 4.69) is 15.0 Å². The van der Waals surface area contributed by atoms with E-state index in [1.165, 1.54) is 14.2 Å². The van der Waals surface area contributed by atoms with Crippen LogP contribution in [0, 0.1) is 0 Å². The molecule has 0 radical (unpaired) electrons. The van der Waals surface area contributed by atoms with Gasteiger partial charge in [0, 0.05) is 11.6 Å². The first kappa shape index (κ1) is 15.1. The van der Waals surface area contributed by atoms with Crippen molar-refractivity contribution in [2.45, 2.75) is 6.54 Å². The zero-order valence-electron chi connectivity index (χ0n) is 11.7. The van der Waals surface area contributed by atoms with E-state index in [4.69, 9.17) is 16.3 Å². The van der Waals surface area contributed by atoms with Gasteiger partial charge in [0.15, 0.2) is 0 Å². The van der Waals surface area contributed by atoms with Gasteiger partial charge in [-0.2, -0.15) is 4.98 Å². The van der Waals surface area contributed by atoms with E-state index in [-0.39, 0.29) is 11.4 Å². The molecule has 2 aromatic rings. The lowest BCUT2D eigenvalue weighted by Crippen LogP contribution is -2.08. The Kier molecular flexibility index (Phi) is 5.00. The van der Waals surface area contributed by atoms with Gasteiger partial charge in [-0.15, -0.1) is 0 Å². The molecule has 0 unspecified atom stereocenters. The maximum Gasteiger partial charge on any atom is 0.343 e. The number of benzene rings is 1. The molecule has 1 aromatic heterocycles. The Hall–Kier alpha value is -2.27. The molecule has 0 aliphatic heterocycles. The monoisotopic (exact) mass is 306 g/mol. The Morgan fingerprint density at radius 2 is 1.90 bits per heavy atom. The standard InChI is InChI=1S/C15H15ClN2O3/c1-20-14-12(15(19)21-2)7-8-13(18-14)17-9-10-3-5-11(16)6-4-10/h3-8H,9H2,1-2H3,(H,17,18). The number of anilines is 1. The van der Waals surface area contributed by atoms with Crippen molar-refractivity contribution >= 4 is 23.4 Å². The molecule has 0 saturated heterocycles. The van der Waals surface area contributed by atoms with Gasteiger partial charge in [0.1, 0.15) is 11.4 Å². The average molecular weight is 307 g/mol. The molecule has 0 saturated carbocycles. The molecule has 1 N–H and O–H groups in total. The van der Waals surface area contributed by atoms with Gasteiger partial charge >= 0.3 is 5.97 Å². The van der Waals surface area contributed by atoms with Crippen LogP contribution in [0.2, 0.25) is 5.02 Å². The van der Waals surface area contributed by atoms with E-state index in [1.807, 2.05) is 24.3 Å². The maximum atomic E-state index is 11.5. The number of hydrogen-bond acceptors (Lipinski definition) is 5. The van der Waals surface area contributed by atoms with E-state index in [0.717, 1.165) is 5.56 Å². The Morgan fingerprint density at radius 3 is 2.52 bits per heavy atom. The minimum absolute atomic E-state index is 0.225. The third-order valence-corrected chi connectivity index (χ3v) is 3.10. The van der Waals surface area contributed by atoms with Crippen LogP contribution in [0.1, 0.15) is 15.9 Å². The third-order valence-electron chi connectivity index (χ3n) is 2.85. The second-order valence-corrected chi connectivity index (χ2v) is 4.66. The number of aromatic nitrogens is 1. The highest BCUT2D eigenvalue weighted by atomic mass is 35.5. The summed E-state index contributed by atoms with van der Waals surface area (Å²) in [6, 6.07) is 10.8. The summed E-state index contributed by atoms with van der Waals surface area (Å²) in [7, 11) is 2.77. The van der Waals surface area contributed by atoms with Crippen LogP contribution >= 0.6 is 11.6 Å². The van der Waals surface area contributed by atoms with Gasteiger partial charge in [0.25, 0.3) is 0 Å². The molecule has 110 valence electrons. The quantitative estimate of drug-likeness (QED) is 0.860. The summed E-state index contributed by atoms with van der Waals surface area (Å²) in [5, 5.41) is 3.85. The second-order valence-electron chi connectivity index (χ2n) is 4.22. The summed E-state index contributed by atoms with van der Waals surface area (Å²) in [5.41, 5.74) is 1.36. The number of halogens is 1. The summed E-state index contributed by atoms with van der Waals surface area (Å²) in [6.45, 7) is 0.588. The Bertz CT molecular complexity index is 629. The topological polar surface area (TPSA) is 60.5 Å². The van der Waals surface area contributed by atoms with Crippen molar-refractivity contribution in [1.29, 1.82) is 0 Å². The molecular weight excluding hydrogens is 292 g/mol. The highest BCUT2D eigenvalue weighted by Gasteiger charge is 2.14. The summed E-state index contributed by atoms with van der Waals surface area (Å²) in [5.74, 6) is 0.348. The molecule has 0 spiro atoms. The first-order valence-electron chi connectivity index (χ1n) is 6.25. The number of carbonyl (C=O) groups excluding carboxylic acids is 1. The van der Waals surface area contributed by atoms with Gasteiger partial charge in [0.2, 0.25) is 5.88 Å². The Labute approximate surface area is 127 Å². The third kappa shape index (κ3) is 3.86. The lowest BCUT2D eigenvalue weighted by molar-refractivity contribution is 0.0596. The zero-order valence-corrected chi connectivity index (χ0v) is 12.5. The van der Waals surface area contributed by atoms with Crippen LogP contribution in [0.25, 0.3) is 0 Å². The van der Waals surface area contributed by atoms with E-state index >= 15 is 0 Å². The number of pyridine rings is 1. The molecule has 1 heterocycles. The summed E-state index contributed by atoms with van der Waals surface area (Å²) >= 11 is 5.84.